The van der Waals surface area contributed by atoms with Gasteiger partial charge in [0.05, 0.1) is 6.42 Å². The number of rotatable bonds is 1. The average Bonchev–Trinajstić information content (AvgIpc) is 2.47. The van der Waals surface area contributed by atoms with Gasteiger partial charge in [-0.1, -0.05) is 5.92 Å². The van der Waals surface area contributed by atoms with Gasteiger partial charge in [0.25, 0.3) is 5.91 Å². The van der Waals surface area contributed by atoms with Gasteiger partial charge in [0.1, 0.15) is 6.10 Å². The quantitative estimate of drug-likeness (QED) is 0.446. The molecular weight excluding hydrogens is 196 g/mol. The van der Waals surface area contributed by atoms with Crippen molar-refractivity contribution in [3.63, 3.8) is 0 Å². The molecule has 1 aliphatic heterocycles. The third-order valence-corrected chi connectivity index (χ3v) is 2.02. The van der Waals surface area contributed by atoms with Crippen molar-refractivity contribution in [2.75, 3.05) is 20.6 Å². The van der Waals surface area contributed by atoms with Crippen LogP contribution in [-0.2, 0) is 9.59 Å². The molecule has 1 atom stereocenters. The lowest BCUT2D eigenvalue weighted by Gasteiger charge is -2.11. The number of nitrogens with zero attached hydrogens (tertiary/aromatic N) is 2. The van der Waals surface area contributed by atoms with E-state index in [1.165, 1.54) is 0 Å². The van der Waals surface area contributed by atoms with Crippen LogP contribution >= 0.6 is 0 Å². The van der Waals surface area contributed by atoms with E-state index in [4.69, 9.17) is 5.11 Å². The zero-order valence-electron chi connectivity index (χ0n) is 8.86. The van der Waals surface area contributed by atoms with Crippen molar-refractivity contribution in [1.82, 2.24) is 9.80 Å². The van der Waals surface area contributed by atoms with E-state index in [2.05, 4.69) is 12.0 Å². The van der Waals surface area contributed by atoms with Crippen LogP contribution in [0.4, 0.5) is 0 Å². The molecule has 0 aliphatic carbocycles. The first-order valence-corrected chi connectivity index (χ1v) is 4.70. The fourth-order valence-electron chi connectivity index (χ4n) is 1.28. The Balaban J connectivity index is 2.49. The standard InChI is InChI=1S/C10H14N2O3/c1-11(2)6-3-4-9(14)12-7-5-8(13)10(12)15/h8,13H,4-5,7H2,1-2H3/t8-/m1/s1. The lowest BCUT2D eigenvalue weighted by atomic mass is 10.3. The van der Waals surface area contributed by atoms with Crippen LogP contribution < -0.4 is 0 Å². The molecule has 0 aromatic carbocycles. The van der Waals surface area contributed by atoms with E-state index < -0.39 is 12.0 Å². The van der Waals surface area contributed by atoms with E-state index in [0.717, 1.165) is 4.90 Å². The SMILES string of the molecule is CN(C)C#CCC(=O)N1CC[C@@H](O)C1=O. The number of hydrogen-bond donors (Lipinski definition) is 1. The first-order chi connectivity index (χ1) is 7.02. The summed E-state index contributed by atoms with van der Waals surface area (Å²) >= 11 is 0. The summed E-state index contributed by atoms with van der Waals surface area (Å²) in [5, 5.41) is 9.14. The van der Waals surface area contributed by atoms with Crippen molar-refractivity contribution in [3.8, 4) is 12.0 Å². The van der Waals surface area contributed by atoms with Crippen LogP contribution in [0.15, 0.2) is 0 Å². The molecule has 1 N–H and O–H groups in total. The van der Waals surface area contributed by atoms with Gasteiger partial charge in [-0.2, -0.15) is 0 Å². The number of carbonyl (C=O) groups excluding carboxylic acids is 2. The highest BCUT2D eigenvalue weighted by atomic mass is 16.3. The zero-order chi connectivity index (χ0) is 11.4. The van der Waals surface area contributed by atoms with Crippen molar-refractivity contribution in [2.24, 2.45) is 0 Å². The first kappa shape index (κ1) is 11.5. The van der Waals surface area contributed by atoms with Crippen molar-refractivity contribution >= 4 is 11.8 Å². The summed E-state index contributed by atoms with van der Waals surface area (Å²) in [7, 11) is 3.53. The maximum absolute atomic E-state index is 11.5. The summed E-state index contributed by atoms with van der Waals surface area (Å²) in [6.45, 7) is 0.294. The van der Waals surface area contributed by atoms with Gasteiger partial charge < -0.3 is 10.0 Å². The third kappa shape index (κ3) is 2.96. The first-order valence-electron chi connectivity index (χ1n) is 4.70. The van der Waals surface area contributed by atoms with E-state index in [-0.39, 0.29) is 12.3 Å². The summed E-state index contributed by atoms with van der Waals surface area (Å²) in [6.07, 6.45) is -0.682. The minimum atomic E-state index is -1.02. The number of hydrogen-bond acceptors (Lipinski definition) is 4. The Morgan fingerprint density at radius 3 is 2.80 bits per heavy atom. The number of aliphatic hydroxyl groups excluding tert-OH is 1. The Bertz CT molecular complexity index is 327. The highest BCUT2D eigenvalue weighted by Crippen LogP contribution is 2.11. The second-order valence-corrected chi connectivity index (χ2v) is 3.55. The van der Waals surface area contributed by atoms with Crippen molar-refractivity contribution in [1.29, 1.82) is 0 Å². The van der Waals surface area contributed by atoms with Gasteiger partial charge in [0.2, 0.25) is 5.91 Å². The van der Waals surface area contributed by atoms with Gasteiger partial charge in [-0.05, 0) is 0 Å². The van der Waals surface area contributed by atoms with Gasteiger partial charge in [0, 0.05) is 33.1 Å². The number of amides is 2. The van der Waals surface area contributed by atoms with E-state index >= 15 is 0 Å². The Labute approximate surface area is 88.7 Å². The van der Waals surface area contributed by atoms with E-state index in [0.29, 0.717) is 13.0 Å². The molecule has 0 saturated carbocycles. The highest BCUT2D eigenvalue weighted by molar-refractivity contribution is 5.99. The molecule has 1 heterocycles. The van der Waals surface area contributed by atoms with Crippen LogP contribution in [-0.4, -0.2) is 53.5 Å². The molecular formula is C10H14N2O3. The monoisotopic (exact) mass is 210 g/mol. The highest BCUT2D eigenvalue weighted by Gasteiger charge is 2.33. The minimum absolute atomic E-state index is 0.0106. The number of carbonyl (C=O) groups is 2. The maximum Gasteiger partial charge on any atom is 0.258 e. The van der Waals surface area contributed by atoms with Gasteiger partial charge in [-0.3, -0.25) is 14.5 Å². The lowest BCUT2D eigenvalue weighted by Crippen LogP contribution is -2.34. The molecule has 1 saturated heterocycles. The Kier molecular flexibility index (Phi) is 3.69. The van der Waals surface area contributed by atoms with E-state index in [9.17, 15) is 9.59 Å². The normalized spacial score (nSPS) is 19.8. The van der Waals surface area contributed by atoms with Crippen LogP contribution in [0.3, 0.4) is 0 Å². The molecule has 1 aliphatic rings. The summed E-state index contributed by atoms with van der Waals surface area (Å²) in [5.41, 5.74) is 0. The number of imide groups is 1. The summed E-state index contributed by atoms with van der Waals surface area (Å²) in [5.74, 6) is 1.80. The van der Waals surface area contributed by atoms with Crippen LogP contribution in [0.1, 0.15) is 12.8 Å². The van der Waals surface area contributed by atoms with Gasteiger partial charge in [-0.15, -0.1) is 0 Å². The third-order valence-electron chi connectivity index (χ3n) is 2.02. The fraction of sp³-hybridized carbons (Fsp3) is 0.600. The fourth-order valence-corrected chi connectivity index (χ4v) is 1.28. The average molecular weight is 210 g/mol. The topological polar surface area (TPSA) is 60.9 Å². The Morgan fingerprint density at radius 2 is 2.33 bits per heavy atom. The molecule has 5 nitrogen and oxygen atoms in total. The van der Waals surface area contributed by atoms with Crippen LogP contribution in [0, 0.1) is 12.0 Å². The second kappa shape index (κ2) is 4.80. The molecule has 0 unspecified atom stereocenters. The maximum atomic E-state index is 11.5. The van der Waals surface area contributed by atoms with Crippen molar-refractivity contribution in [2.45, 2.75) is 18.9 Å². The van der Waals surface area contributed by atoms with Crippen LogP contribution in [0.2, 0.25) is 0 Å². The molecule has 0 aromatic rings. The predicted molar refractivity (Wildman–Crippen MR) is 53.4 cm³/mol. The molecule has 0 spiro atoms. The van der Waals surface area contributed by atoms with Crippen molar-refractivity contribution < 1.29 is 14.7 Å². The number of aliphatic hydroxyl groups is 1. The molecule has 0 aromatic heterocycles. The predicted octanol–water partition coefficient (Wildman–Crippen LogP) is -0.981. The largest absolute Gasteiger partial charge is 0.383 e. The molecule has 82 valence electrons. The molecule has 0 radical (unpaired) electrons. The van der Waals surface area contributed by atoms with Crippen LogP contribution in [0.25, 0.3) is 0 Å². The molecule has 1 fully saturated rings. The van der Waals surface area contributed by atoms with Gasteiger partial charge in [-0.25, -0.2) is 0 Å². The molecule has 2 amide bonds. The summed E-state index contributed by atoms with van der Waals surface area (Å²) in [6, 6.07) is 2.69. The number of likely N-dealkylation sites (tertiary alicyclic amines) is 1. The molecule has 0 bridgehead atoms. The Hall–Kier alpha value is -1.54. The Morgan fingerprint density at radius 1 is 1.67 bits per heavy atom. The molecule has 1 rings (SSSR count). The van der Waals surface area contributed by atoms with E-state index in [1.54, 1.807) is 19.0 Å². The second-order valence-electron chi connectivity index (χ2n) is 3.55. The van der Waals surface area contributed by atoms with E-state index in [1.807, 2.05) is 0 Å². The zero-order valence-corrected chi connectivity index (χ0v) is 8.86. The van der Waals surface area contributed by atoms with Crippen LogP contribution in [0.5, 0.6) is 0 Å². The minimum Gasteiger partial charge on any atom is -0.383 e. The molecule has 5 heteroatoms. The van der Waals surface area contributed by atoms with Gasteiger partial charge >= 0.3 is 0 Å². The molecule has 15 heavy (non-hydrogen) atoms. The van der Waals surface area contributed by atoms with Gasteiger partial charge in [0.15, 0.2) is 0 Å². The van der Waals surface area contributed by atoms with Crippen molar-refractivity contribution in [3.05, 3.63) is 0 Å². The summed E-state index contributed by atoms with van der Waals surface area (Å²) in [4.78, 5) is 25.4. The smallest absolute Gasteiger partial charge is 0.258 e. The lowest BCUT2D eigenvalue weighted by molar-refractivity contribution is -0.144. The summed E-state index contributed by atoms with van der Waals surface area (Å²) < 4.78 is 0.